The zero-order valence-electron chi connectivity index (χ0n) is 18.8. The number of rotatable bonds is 7. The first-order valence-electron chi connectivity index (χ1n) is 11.3. The number of carbonyl (C=O) groups is 1. The molecular weight excluding hydrogens is 498 g/mol. The van der Waals surface area contributed by atoms with Crippen molar-refractivity contribution in [1.29, 1.82) is 0 Å². The van der Waals surface area contributed by atoms with Gasteiger partial charge in [0.15, 0.2) is 12.0 Å². The summed E-state index contributed by atoms with van der Waals surface area (Å²) in [5.74, 6) is 0.469. The van der Waals surface area contributed by atoms with E-state index in [4.69, 9.17) is 4.84 Å². The quantitative estimate of drug-likeness (QED) is 0.159. The Labute approximate surface area is 213 Å². The van der Waals surface area contributed by atoms with Crippen LogP contribution in [0.25, 0.3) is 22.3 Å². The predicted molar refractivity (Wildman–Crippen MR) is 146 cm³/mol. The molecule has 0 unspecified atom stereocenters. The zero-order chi connectivity index (χ0) is 24.0. The van der Waals surface area contributed by atoms with Gasteiger partial charge in [0.25, 0.3) is 0 Å². The van der Waals surface area contributed by atoms with Crippen LogP contribution in [0.4, 0.5) is 11.4 Å². The Morgan fingerprint density at radius 1 is 0.657 bits per heavy atom. The van der Waals surface area contributed by atoms with E-state index < -0.39 is 0 Å². The fourth-order valence-electron chi connectivity index (χ4n) is 4.07. The zero-order valence-corrected chi connectivity index (χ0v) is 20.4. The van der Waals surface area contributed by atoms with Crippen molar-refractivity contribution < 1.29 is 9.63 Å². The molecule has 0 N–H and O–H groups in total. The molecule has 0 aromatic heterocycles. The lowest BCUT2D eigenvalue weighted by Gasteiger charge is -2.28. The van der Waals surface area contributed by atoms with Gasteiger partial charge in [-0.25, -0.2) is 0 Å². The minimum atomic E-state index is 0.459. The molecule has 0 saturated heterocycles. The molecule has 0 aliphatic heterocycles. The molecule has 0 heterocycles. The highest BCUT2D eigenvalue weighted by atomic mass is 79.9. The van der Waals surface area contributed by atoms with E-state index in [0.29, 0.717) is 11.3 Å². The SMILES string of the molecule is O=Cc1cc(Br)ccc1ON(c1ccccc1)c1cccc(-c2ccccc2)c1-c1ccccc1. The summed E-state index contributed by atoms with van der Waals surface area (Å²) in [5.41, 5.74) is 6.47. The minimum absolute atomic E-state index is 0.459. The molecule has 35 heavy (non-hydrogen) atoms. The second-order valence-electron chi connectivity index (χ2n) is 7.95. The third kappa shape index (κ3) is 4.88. The van der Waals surface area contributed by atoms with Gasteiger partial charge in [0.1, 0.15) is 0 Å². The van der Waals surface area contributed by atoms with Gasteiger partial charge in [0.2, 0.25) is 0 Å². The number of para-hydroxylation sites is 1. The smallest absolute Gasteiger partial charge is 0.166 e. The summed E-state index contributed by atoms with van der Waals surface area (Å²) in [5, 5.41) is 1.80. The lowest BCUT2D eigenvalue weighted by Crippen LogP contribution is -2.23. The average Bonchev–Trinajstić information content (AvgIpc) is 2.93. The van der Waals surface area contributed by atoms with E-state index in [1.807, 2.05) is 84.9 Å². The number of anilines is 2. The molecule has 3 nitrogen and oxygen atoms in total. The fraction of sp³-hybridized carbons (Fsp3) is 0. The van der Waals surface area contributed by atoms with E-state index >= 15 is 0 Å². The maximum absolute atomic E-state index is 11.8. The Balaban J connectivity index is 1.75. The molecule has 5 rings (SSSR count). The molecular formula is C31H22BrNO2. The second-order valence-corrected chi connectivity index (χ2v) is 8.87. The van der Waals surface area contributed by atoms with Crippen LogP contribution in [-0.2, 0) is 0 Å². The number of carbonyl (C=O) groups excluding carboxylic acids is 1. The van der Waals surface area contributed by atoms with E-state index in [1.165, 1.54) is 0 Å². The molecule has 0 aliphatic carbocycles. The molecule has 0 spiro atoms. The average molecular weight is 520 g/mol. The van der Waals surface area contributed by atoms with Crippen molar-refractivity contribution >= 4 is 33.6 Å². The van der Waals surface area contributed by atoms with Crippen LogP contribution in [0.15, 0.2) is 132 Å². The molecule has 0 amide bonds. The van der Waals surface area contributed by atoms with Crippen LogP contribution in [0.5, 0.6) is 5.75 Å². The summed E-state index contributed by atoms with van der Waals surface area (Å²) in [6, 6.07) is 42.1. The van der Waals surface area contributed by atoms with Crippen LogP contribution < -0.4 is 9.90 Å². The molecule has 0 aliphatic rings. The summed E-state index contributed by atoms with van der Waals surface area (Å²) in [6.45, 7) is 0. The van der Waals surface area contributed by atoms with Crippen molar-refractivity contribution in [1.82, 2.24) is 0 Å². The van der Waals surface area contributed by atoms with Crippen molar-refractivity contribution in [2.24, 2.45) is 0 Å². The van der Waals surface area contributed by atoms with Gasteiger partial charge < -0.3 is 4.84 Å². The summed E-state index contributed by atoms with van der Waals surface area (Å²) >= 11 is 3.44. The van der Waals surface area contributed by atoms with Crippen molar-refractivity contribution in [3.63, 3.8) is 0 Å². The Bertz CT molecular complexity index is 1440. The lowest BCUT2D eigenvalue weighted by molar-refractivity contribution is 0.111. The van der Waals surface area contributed by atoms with Crippen LogP contribution in [0.1, 0.15) is 10.4 Å². The highest BCUT2D eigenvalue weighted by molar-refractivity contribution is 9.10. The molecule has 0 radical (unpaired) electrons. The summed E-state index contributed by atoms with van der Waals surface area (Å²) < 4.78 is 0.814. The van der Waals surface area contributed by atoms with Gasteiger partial charge in [-0.15, -0.1) is 0 Å². The molecule has 4 heteroatoms. The topological polar surface area (TPSA) is 29.5 Å². The van der Waals surface area contributed by atoms with Crippen molar-refractivity contribution in [2.75, 3.05) is 5.06 Å². The van der Waals surface area contributed by atoms with Gasteiger partial charge in [0.05, 0.1) is 16.9 Å². The highest BCUT2D eigenvalue weighted by Crippen LogP contribution is 2.42. The van der Waals surface area contributed by atoms with Crippen LogP contribution in [0.2, 0.25) is 0 Å². The maximum atomic E-state index is 11.8. The number of benzene rings is 5. The fourth-order valence-corrected chi connectivity index (χ4v) is 4.45. The van der Waals surface area contributed by atoms with E-state index in [1.54, 1.807) is 17.2 Å². The molecule has 0 bridgehead atoms. The Morgan fingerprint density at radius 3 is 1.94 bits per heavy atom. The molecule has 0 atom stereocenters. The first-order valence-corrected chi connectivity index (χ1v) is 12.1. The summed E-state index contributed by atoms with van der Waals surface area (Å²) in [7, 11) is 0. The molecule has 170 valence electrons. The van der Waals surface area contributed by atoms with E-state index in [0.717, 1.165) is 44.4 Å². The van der Waals surface area contributed by atoms with Crippen molar-refractivity contribution in [3.8, 4) is 28.0 Å². The van der Waals surface area contributed by atoms with Crippen LogP contribution in [0.3, 0.4) is 0 Å². The first kappa shape index (κ1) is 22.6. The third-order valence-corrected chi connectivity index (χ3v) is 6.18. The predicted octanol–water partition coefficient (Wildman–Crippen LogP) is 8.73. The van der Waals surface area contributed by atoms with Gasteiger partial charge in [-0.05, 0) is 53.1 Å². The lowest BCUT2D eigenvalue weighted by atomic mass is 9.93. The summed E-state index contributed by atoms with van der Waals surface area (Å²) in [6.07, 6.45) is 0.807. The van der Waals surface area contributed by atoms with Gasteiger partial charge in [-0.2, -0.15) is 5.06 Å². The number of halogens is 1. The van der Waals surface area contributed by atoms with Gasteiger partial charge in [0, 0.05) is 10.0 Å². The highest BCUT2D eigenvalue weighted by Gasteiger charge is 2.21. The standard InChI is InChI=1S/C31H22BrNO2/c32-26-19-20-30(25(21-26)22-34)35-33(27-15-8-3-9-16-27)29-18-10-17-28(23-11-4-1-5-12-23)31(29)24-13-6-2-7-14-24/h1-22H. The third-order valence-electron chi connectivity index (χ3n) is 5.69. The van der Waals surface area contributed by atoms with E-state index in [9.17, 15) is 4.79 Å². The van der Waals surface area contributed by atoms with Gasteiger partial charge in [-0.1, -0.05) is 107 Å². The first-order chi connectivity index (χ1) is 17.2. The van der Waals surface area contributed by atoms with Crippen LogP contribution in [-0.4, -0.2) is 6.29 Å². The molecule has 0 fully saturated rings. The van der Waals surface area contributed by atoms with Gasteiger partial charge >= 0.3 is 0 Å². The number of hydrogen-bond acceptors (Lipinski definition) is 3. The Morgan fingerprint density at radius 2 is 1.29 bits per heavy atom. The largest absolute Gasteiger partial charge is 0.374 e. The maximum Gasteiger partial charge on any atom is 0.166 e. The minimum Gasteiger partial charge on any atom is -0.374 e. The molecule has 0 saturated carbocycles. The monoisotopic (exact) mass is 519 g/mol. The number of nitrogens with zero attached hydrogens (tertiary/aromatic N) is 1. The summed E-state index contributed by atoms with van der Waals surface area (Å²) in [4.78, 5) is 18.3. The van der Waals surface area contributed by atoms with E-state index in [2.05, 4.69) is 46.3 Å². The van der Waals surface area contributed by atoms with Gasteiger partial charge in [-0.3, -0.25) is 4.79 Å². The Kier molecular flexibility index (Phi) is 6.73. The van der Waals surface area contributed by atoms with E-state index in [-0.39, 0.29) is 0 Å². The van der Waals surface area contributed by atoms with Crippen LogP contribution in [0, 0.1) is 0 Å². The van der Waals surface area contributed by atoms with Crippen molar-refractivity contribution in [2.45, 2.75) is 0 Å². The second kappa shape index (κ2) is 10.4. The Hall–Kier alpha value is -4.15. The van der Waals surface area contributed by atoms with Crippen molar-refractivity contribution in [3.05, 3.63) is 137 Å². The molecule has 5 aromatic carbocycles. The van der Waals surface area contributed by atoms with Crippen LogP contribution >= 0.6 is 15.9 Å². The molecule has 5 aromatic rings. The number of hydrogen-bond donors (Lipinski definition) is 0. The normalized spacial score (nSPS) is 10.5. The number of aldehydes is 1.